The Morgan fingerprint density at radius 2 is 1.78 bits per heavy atom. The van der Waals surface area contributed by atoms with Gasteiger partial charge in [0.05, 0.1) is 31.2 Å². The Morgan fingerprint density at radius 1 is 1.11 bits per heavy atom. The molecule has 1 aliphatic carbocycles. The van der Waals surface area contributed by atoms with E-state index in [2.05, 4.69) is 20.0 Å². The number of nitrogens with one attached hydrogen (secondary N) is 1. The van der Waals surface area contributed by atoms with Crippen LogP contribution in [0, 0.1) is 0 Å². The summed E-state index contributed by atoms with van der Waals surface area (Å²) in [5, 5.41) is 2.94. The fourth-order valence-electron chi connectivity index (χ4n) is 4.14. The summed E-state index contributed by atoms with van der Waals surface area (Å²) in [6.45, 7) is 8.46. The average molecular weight is 541 g/mol. The number of imidazole rings is 1. The molecule has 0 saturated heterocycles. The zero-order valence-electron chi connectivity index (χ0n) is 22.0. The van der Waals surface area contributed by atoms with Crippen molar-refractivity contribution in [2.75, 3.05) is 18.7 Å². The standard InChI is InChI=1S/C23H37N6O7P/c1-15(2)35-18(30)11-34-37(32,28-23(8-6-7-9-23)22(31)36-16(3)4)14-33-17(5)10-29-13-27-19-20(24)25-12-26-21(19)29/h12-13,15-17H,6-11,14H2,1-5H3,(H,28,32)(H2,24,25,26). The van der Waals surface area contributed by atoms with Gasteiger partial charge in [0.15, 0.2) is 18.1 Å². The number of aromatic nitrogens is 4. The van der Waals surface area contributed by atoms with Crippen molar-refractivity contribution in [2.45, 2.75) is 90.7 Å². The molecule has 0 bridgehead atoms. The highest BCUT2D eigenvalue weighted by Gasteiger charge is 2.48. The van der Waals surface area contributed by atoms with Crippen LogP contribution in [0.3, 0.4) is 0 Å². The number of nitrogen functional groups attached to an aromatic ring is 1. The van der Waals surface area contributed by atoms with Gasteiger partial charge in [0.25, 0.3) is 7.52 Å². The fourth-order valence-corrected chi connectivity index (χ4v) is 6.07. The third-order valence-corrected chi connectivity index (χ3v) is 7.55. The van der Waals surface area contributed by atoms with E-state index in [1.54, 1.807) is 45.5 Å². The third-order valence-electron chi connectivity index (χ3n) is 5.75. The molecule has 37 heavy (non-hydrogen) atoms. The van der Waals surface area contributed by atoms with Gasteiger partial charge in [-0.2, -0.15) is 0 Å². The van der Waals surface area contributed by atoms with Crippen molar-refractivity contribution < 1.29 is 32.9 Å². The first-order chi connectivity index (χ1) is 17.4. The third kappa shape index (κ3) is 7.70. The molecule has 2 aromatic rings. The van der Waals surface area contributed by atoms with Crippen molar-refractivity contribution in [3.63, 3.8) is 0 Å². The summed E-state index contributed by atoms with van der Waals surface area (Å²) < 4.78 is 37.8. The maximum Gasteiger partial charge on any atom is 0.332 e. The molecule has 1 aliphatic rings. The summed E-state index contributed by atoms with van der Waals surface area (Å²) in [4.78, 5) is 37.5. The largest absolute Gasteiger partial charge is 0.462 e. The van der Waals surface area contributed by atoms with E-state index in [4.69, 9.17) is 24.5 Å². The molecule has 14 heteroatoms. The lowest BCUT2D eigenvalue weighted by atomic mass is 10.00. The van der Waals surface area contributed by atoms with E-state index in [1.165, 1.54) is 6.33 Å². The topological polar surface area (TPSA) is 170 Å². The molecule has 0 radical (unpaired) electrons. The molecule has 0 aliphatic heterocycles. The summed E-state index contributed by atoms with van der Waals surface area (Å²) in [7, 11) is -3.87. The average Bonchev–Trinajstić information content (AvgIpc) is 3.45. The predicted octanol–water partition coefficient (Wildman–Crippen LogP) is 2.79. The second-order valence-corrected chi connectivity index (χ2v) is 11.9. The molecular formula is C23H37N6O7P. The number of hydrogen-bond acceptors (Lipinski definition) is 11. The van der Waals surface area contributed by atoms with Gasteiger partial charge in [-0.25, -0.2) is 24.8 Å². The molecule has 0 spiro atoms. The van der Waals surface area contributed by atoms with Gasteiger partial charge in [-0.3, -0.25) is 9.36 Å². The molecule has 13 nitrogen and oxygen atoms in total. The van der Waals surface area contributed by atoms with Gasteiger partial charge in [-0.1, -0.05) is 12.8 Å². The lowest BCUT2D eigenvalue weighted by Crippen LogP contribution is -2.50. The van der Waals surface area contributed by atoms with Gasteiger partial charge >= 0.3 is 11.9 Å². The molecule has 1 fully saturated rings. The Kier molecular flexibility index (Phi) is 9.63. The number of nitrogens with zero attached hydrogens (tertiary/aromatic N) is 4. The second-order valence-electron chi connectivity index (χ2n) is 9.77. The van der Waals surface area contributed by atoms with Gasteiger partial charge in [0, 0.05) is 0 Å². The number of fused-ring (bicyclic) bond motifs is 1. The lowest BCUT2D eigenvalue weighted by Gasteiger charge is -2.33. The first-order valence-electron chi connectivity index (χ1n) is 12.4. The van der Waals surface area contributed by atoms with E-state index in [1.807, 2.05) is 0 Å². The number of ether oxygens (including phenoxy) is 3. The summed E-state index contributed by atoms with van der Waals surface area (Å²) in [5.74, 6) is -0.899. The minimum absolute atomic E-state index is 0.267. The summed E-state index contributed by atoms with van der Waals surface area (Å²) in [5.41, 5.74) is 5.68. The van der Waals surface area contributed by atoms with Gasteiger partial charge in [0.1, 0.15) is 23.7 Å². The number of anilines is 1. The number of rotatable bonds is 13. The minimum atomic E-state index is -3.87. The Balaban J connectivity index is 1.74. The number of hydrogen-bond donors (Lipinski definition) is 2. The summed E-state index contributed by atoms with van der Waals surface area (Å²) in [6.07, 6.45) is 3.75. The van der Waals surface area contributed by atoms with E-state index >= 15 is 0 Å². The van der Waals surface area contributed by atoms with Crippen LogP contribution in [0.15, 0.2) is 12.7 Å². The van der Waals surface area contributed by atoms with Gasteiger partial charge < -0.3 is 29.0 Å². The predicted molar refractivity (Wildman–Crippen MR) is 135 cm³/mol. The van der Waals surface area contributed by atoms with Gasteiger partial charge in [-0.15, -0.1) is 0 Å². The Labute approximate surface area is 216 Å². The molecule has 2 heterocycles. The van der Waals surface area contributed by atoms with E-state index in [0.717, 1.165) is 12.8 Å². The van der Waals surface area contributed by atoms with Crippen molar-refractivity contribution in [1.29, 1.82) is 0 Å². The van der Waals surface area contributed by atoms with E-state index < -0.39 is 37.7 Å². The maximum atomic E-state index is 14.0. The molecule has 0 amide bonds. The van der Waals surface area contributed by atoms with Crippen molar-refractivity contribution in [1.82, 2.24) is 24.6 Å². The van der Waals surface area contributed by atoms with Crippen LogP contribution in [0.4, 0.5) is 5.82 Å². The number of carbonyl (C=O) groups excluding carboxylic acids is 2. The number of nitrogens with two attached hydrogens (primary N) is 1. The van der Waals surface area contributed by atoms with Crippen molar-refractivity contribution in [2.24, 2.45) is 0 Å². The van der Waals surface area contributed by atoms with Gasteiger partial charge in [-0.05, 0) is 47.5 Å². The van der Waals surface area contributed by atoms with Crippen LogP contribution >= 0.6 is 7.52 Å². The van der Waals surface area contributed by atoms with Gasteiger partial charge in [0.2, 0.25) is 0 Å². The Bertz CT molecular complexity index is 1130. The van der Waals surface area contributed by atoms with Crippen LogP contribution in [-0.2, 0) is 39.4 Å². The Morgan fingerprint density at radius 3 is 2.43 bits per heavy atom. The van der Waals surface area contributed by atoms with Crippen LogP contribution in [0.5, 0.6) is 0 Å². The highest BCUT2D eigenvalue weighted by atomic mass is 31.2. The number of carbonyl (C=O) groups is 2. The Hall–Kier alpha value is -2.60. The SMILES string of the molecule is CC(C)OC(=O)COP(=O)(COC(C)Cn1cnc2c(N)ncnc21)NC1(C(=O)OC(C)C)CCCC1. The van der Waals surface area contributed by atoms with Crippen molar-refractivity contribution >= 4 is 36.4 Å². The quantitative estimate of drug-likeness (QED) is 0.282. The molecule has 3 rings (SSSR count). The first-order valence-corrected chi connectivity index (χ1v) is 14.2. The van der Waals surface area contributed by atoms with Crippen LogP contribution in [0.25, 0.3) is 11.2 Å². The molecule has 2 unspecified atom stereocenters. The minimum Gasteiger partial charge on any atom is -0.462 e. The van der Waals surface area contributed by atoms with E-state index in [-0.39, 0.29) is 24.4 Å². The molecule has 3 N–H and O–H groups in total. The van der Waals surface area contributed by atoms with Crippen molar-refractivity contribution in [3.05, 3.63) is 12.7 Å². The molecule has 2 aromatic heterocycles. The zero-order valence-corrected chi connectivity index (χ0v) is 22.9. The van der Waals surface area contributed by atoms with Crippen molar-refractivity contribution in [3.8, 4) is 0 Å². The normalized spacial score (nSPS) is 17.7. The fraction of sp³-hybridized carbons (Fsp3) is 0.696. The first kappa shape index (κ1) is 29.0. The molecule has 0 aromatic carbocycles. The highest BCUT2D eigenvalue weighted by Crippen LogP contribution is 2.48. The maximum absolute atomic E-state index is 14.0. The second kappa shape index (κ2) is 12.3. The lowest BCUT2D eigenvalue weighted by molar-refractivity contribution is -0.154. The van der Waals surface area contributed by atoms with Crippen LogP contribution in [0.2, 0.25) is 0 Å². The van der Waals surface area contributed by atoms with Crippen LogP contribution in [0.1, 0.15) is 60.3 Å². The van der Waals surface area contributed by atoms with Crippen LogP contribution in [-0.4, -0.2) is 68.3 Å². The summed E-state index contributed by atoms with van der Waals surface area (Å²) >= 11 is 0. The van der Waals surface area contributed by atoms with Crippen LogP contribution < -0.4 is 10.8 Å². The molecule has 2 atom stereocenters. The summed E-state index contributed by atoms with van der Waals surface area (Å²) in [6, 6.07) is 0. The zero-order chi connectivity index (χ0) is 27.2. The smallest absolute Gasteiger partial charge is 0.332 e. The number of esters is 2. The monoisotopic (exact) mass is 540 g/mol. The highest BCUT2D eigenvalue weighted by molar-refractivity contribution is 7.56. The molecule has 1 saturated carbocycles. The van der Waals surface area contributed by atoms with E-state index in [9.17, 15) is 14.2 Å². The van der Waals surface area contributed by atoms with E-state index in [0.29, 0.717) is 30.6 Å². The molecule has 206 valence electrons. The molecular weight excluding hydrogens is 503 g/mol.